The van der Waals surface area contributed by atoms with E-state index in [4.69, 9.17) is 5.73 Å². The summed E-state index contributed by atoms with van der Waals surface area (Å²) in [7, 11) is 0. The van der Waals surface area contributed by atoms with Gasteiger partial charge in [0.1, 0.15) is 5.52 Å². The number of fused-ring (bicyclic) bond motifs is 1. The third kappa shape index (κ3) is 1.60. The van der Waals surface area contributed by atoms with E-state index in [-0.39, 0.29) is 11.4 Å². The summed E-state index contributed by atoms with van der Waals surface area (Å²) in [6.45, 7) is 3.84. The van der Waals surface area contributed by atoms with Gasteiger partial charge in [-0.25, -0.2) is 13.8 Å². The summed E-state index contributed by atoms with van der Waals surface area (Å²) in [6.07, 6.45) is 0. The quantitative estimate of drug-likeness (QED) is 0.804. The smallest absolute Gasteiger partial charge is 0.185 e. The lowest BCUT2D eigenvalue weighted by Gasteiger charge is -2.09. The zero-order valence-corrected chi connectivity index (χ0v) is 9.09. The fourth-order valence-electron chi connectivity index (χ4n) is 1.58. The van der Waals surface area contributed by atoms with Crippen LogP contribution in [0.4, 0.5) is 14.5 Å². The molecule has 2 nitrogen and oxygen atoms in total. The molecule has 0 bridgehead atoms. The van der Waals surface area contributed by atoms with Crippen LogP contribution in [0, 0.1) is 11.6 Å². The first-order valence-electron chi connectivity index (χ1n) is 5.05. The Morgan fingerprint density at radius 1 is 1.25 bits per heavy atom. The maximum absolute atomic E-state index is 13.5. The van der Waals surface area contributed by atoms with Gasteiger partial charge in [0.25, 0.3) is 0 Å². The van der Waals surface area contributed by atoms with E-state index >= 15 is 0 Å². The van der Waals surface area contributed by atoms with Crippen LogP contribution in [0.3, 0.4) is 0 Å². The number of nitrogens with zero attached hydrogens (tertiary/aromatic N) is 1. The second-order valence-electron chi connectivity index (χ2n) is 4.05. The second kappa shape index (κ2) is 3.70. The van der Waals surface area contributed by atoms with Gasteiger partial charge in [-0.1, -0.05) is 13.8 Å². The van der Waals surface area contributed by atoms with E-state index in [2.05, 4.69) is 4.98 Å². The van der Waals surface area contributed by atoms with Crippen molar-refractivity contribution in [3.63, 3.8) is 0 Å². The molecule has 0 aliphatic heterocycles. The fourth-order valence-corrected chi connectivity index (χ4v) is 1.58. The van der Waals surface area contributed by atoms with E-state index in [0.29, 0.717) is 16.8 Å². The van der Waals surface area contributed by atoms with Gasteiger partial charge in [-0.3, -0.25) is 0 Å². The molecule has 4 heteroatoms. The summed E-state index contributed by atoms with van der Waals surface area (Å²) in [5, 5.41) is 0.448. The fraction of sp³-hybridized carbons (Fsp3) is 0.250. The predicted octanol–water partition coefficient (Wildman–Crippen LogP) is 3.22. The Morgan fingerprint density at radius 2 is 1.94 bits per heavy atom. The molecule has 1 heterocycles. The summed E-state index contributed by atoms with van der Waals surface area (Å²) in [4.78, 5) is 4.10. The van der Waals surface area contributed by atoms with Crippen LogP contribution in [0.25, 0.3) is 10.9 Å². The molecule has 2 N–H and O–H groups in total. The third-order valence-electron chi connectivity index (χ3n) is 2.52. The normalized spacial score (nSPS) is 11.3. The topological polar surface area (TPSA) is 38.9 Å². The zero-order chi connectivity index (χ0) is 11.9. The molecular weight excluding hydrogens is 210 g/mol. The van der Waals surface area contributed by atoms with Crippen molar-refractivity contribution in [2.24, 2.45) is 0 Å². The van der Waals surface area contributed by atoms with Crippen molar-refractivity contribution in [2.75, 3.05) is 5.73 Å². The minimum absolute atomic E-state index is 0.00343. The van der Waals surface area contributed by atoms with E-state index in [0.717, 1.165) is 6.07 Å². The van der Waals surface area contributed by atoms with E-state index in [9.17, 15) is 8.78 Å². The summed E-state index contributed by atoms with van der Waals surface area (Å²) < 4.78 is 26.6. The molecular formula is C12H12F2N2. The first-order chi connectivity index (χ1) is 7.50. The maximum Gasteiger partial charge on any atom is 0.185 e. The van der Waals surface area contributed by atoms with E-state index in [1.807, 2.05) is 13.8 Å². The standard InChI is InChI=1S/C12H12F2N2/c1-6(2)10-5-9(15)7-3-4-8(13)11(14)12(7)16-10/h3-6H,1-2H3,(H2,15,16). The van der Waals surface area contributed by atoms with Gasteiger partial charge in [0.05, 0.1) is 0 Å². The first kappa shape index (κ1) is 10.8. The van der Waals surface area contributed by atoms with Crippen LogP contribution in [-0.2, 0) is 0 Å². The van der Waals surface area contributed by atoms with Crippen molar-refractivity contribution < 1.29 is 8.78 Å². The molecule has 1 aromatic carbocycles. The van der Waals surface area contributed by atoms with Crippen molar-refractivity contribution >= 4 is 16.6 Å². The molecule has 2 rings (SSSR count). The Hall–Kier alpha value is -1.71. The molecule has 2 aromatic rings. The highest BCUT2D eigenvalue weighted by atomic mass is 19.2. The van der Waals surface area contributed by atoms with Crippen LogP contribution in [-0.4, -0.2) is 4.98 Å². The molecule has 0 spiro atoms. The summed E-state index contributed by atoms with van der Waals surface area (Å²) in [5.41, 5.74) is 6.87. The minimum atomic E-state index is -0.938. The van der Waals surface area contributed by atoms with Crippen LogP contribution in [0.15, 0.2) is 18.2 Å². The van der Waals surface area contributed by atoms with Crippen molar-refractivity contribution in [3.05, 3.63) is 35.5 Å². The van der Waals surface area contributed by atoms with Gasteiger partial charge in [-0.2, -0.15) is 0 Å². The predicted molar refractivity (Wildman–Crippen MR) is 60.2 cm³/mol. The number of nitrogen functional groups attached to an aromatic ring is 1. The number of hydrogen-bond donors (Lipinski definition) is 1. The van der Waals surface area contributed by atoms with Gasteiger partial charge in [0.2, 0.25) is 0 Å². The van der Waals surface area contributed by atoms with Gasteiger partial charge < -0.3 is 5.73 Å². The van der Waals surface area contributed by atoms with Crippen molar-refractivity contribution in [1.29, 1.82) is 0 Å². The first-order valence-corrected chi connectivity index (χ1v) is 5.05. The SMILES string of the molecule is CC(C)c1cc(N)c2ccc(F)c(F)c2n1. The number of nitrogens with two attached hydrogens (primary N) is 1. The largest absolute Gasteiger partial charge is 0.398 e. The molecule has 0 unspecified atom stereocenters. The maximum atomic E-state index is 13.5. The molecule has 0 radical (unpaired) electrons. The Kier molecular flexibility index (Phi) is 2.50. The van der Waals surface area contributed by atoms with Crippen molar-refractivity contribution in [2.45, 2.75) is 19.8 Å². The minimum Gasteiger partial charge on any atom is -0.398 e. The number of rotatable bonds is 1. The second-order valence-corrected chi connectivity index (χ2v) is 4.05. The Morgan fingerprint density at radius 3 is 2.56 bits per heavy atom. The molecule has 0 fully saturated rings. The highest BCUT2D eigenvalue weighted by Crippen LogP contribution is 2.26. The molecule has 84 valence electrons. The van der Waals surface area contributed by atoms with Crippen LogP contribution < -0.4 is 5.73 Å². The number of anilines is 1. The number of benzene rings is 1. The monoisotopic (exact) mass is 222 g/mol. The van der Waals surface area contributed by atoms with Gasteiger partial charge in [0, 0.05) is 16.8 Å². The molecule has 0 atom stereocenters. The summed E-state index contributed by atoms with van der Waals surface area (Å²) >= 11 is 0. The molecule has 0 amide bonds. The summed E-state index contributed by atoms with van der Waals surface area (Å²) in [6, 6.07) is 4.20. The molecule has 1 aromatic heterocycles. The van der Waals surface area contributed by atoms with Gasteiger partial charge >= 0.3 is 0 Å². The van der Waals surface area contributed by atoms with Gasteiger partial charge in [-0.05, 0) is 24.1 Å². The van der Waals surface area contributed by atoms with Gasteiger partial charge in [0.15, 0.2) is 11.6 Å². The lowest BCUT2D eigenvalue weighted by atomic mass is 10.1. The van der Waals surface area contributed by atoms with Crippen LogP contribution in [0.2, 0.25) is 0 Å². The average molecular weight is 222 g/mol. The molecule has 0 saturated heterocycles. The Labute approximate surface area is 92.1 Å². The highest BCUT2D eigenvalue weighted by Gasteiger charge is 2.13. The zero-order valence-electron chi connectivity index (χ0n) is 9.09. The highest BCUT2D eigenvalue weighted by molar-refractivity contribution is 5.90. The lowest BCUT2D eigenvalue weighted by Crippen LogP contribution is -2.00. The lowest BCUT2D eigenvalue weighted by molar-refractivity contribution is 0.515. The number of pyridine rings is 1. The van der Waals surface area contributed by atoms with E-state index in [1.54, 1.807) is 6.07 Å². The third-order valence-corrected chi connectivity index (χ3v) is 2.52. The van der Waals surface area contributed by atoms with Crippen molar-refractivity contribution in [1.82, 2.24) is 4.98 Å². The van der Waals surface area contributed by atoms with Crippen LogP contribution in [0.1, 0.15) is 25.5 Å². The Balaban J connectivity index is 2.83. The van der Waals surface area contributed by atoms with E-state index < -0.39 is 11.6 Å². The number of aromatic nitrogens is 1. The Bertz CT molecular complexity index is 550. The van der Waals surface area contributed by atoms with E-state index in [1.165, 1.54) is 6.07 Å². The molecule has 0 aliphatic rings. The molecule has 0 saturated carbocycles. The number of hydrogen-bond acceptors (Lipinski definition) is 2. The van der Waals surface area contributed by atoms with Crippen LogP contribution >= 0.6 is 0 Å². The summed E-state index contributed by atoms with van der Waals surface area (Å²) in [5.74, 6) is -1.72. The van der Waals surface area contributed by atoms with Gasteiger partial charge in [-0.15, -0.1) is 0 Å². The average Bonchev–Trinajstić information content (AvgIpc) is 2.23. The molecule has 0 aliphatic carbocycles. The van der Waals surface area contributed by atoms with Crippen molar-refractivity contribution in [3.8, 4) is 0 Å². The van der Waals surface area contributed by atoms with Crippen LogP contribution in [0.5, 0.6) is 0 Å². The molecule has 16 heavy (non-hydrogen) atoms. The number of halogens is 2.